The van der Waals surface area contributed by atoms with Gasteiger partial charge in [-0.2, -0.15) is 5.26 Å². The second-order valence-corrected chi connectivity index (χ2v) is 4.63. The Morgan fingerprint density at radius 1 is 1.47 bits per heavy atom. The van der Waals surface area contributed by atoms with Crippen molar-refractivity contribution in [1.29, 1.82) is 5.26 Å². The van der Waals surface area contributed by atoms with Gasteiger partial charge in [-0.3, -0.25) is 0 Å². The maximum absolute atomic E-state index is 9.18. The summed E-state index contributed by atoms with van der Waals surface area (Å²) < 4.78 is 0. The van der Waals surface area contributed by atoms with Gasteiger partial charge in [0.1, 0.15) is 0 Å². The van der Waals surface area contributed by atoms with Gasteiger partial charge in [0, 0.05) is 5.92 Å². The highest BCUT2D eigenvalue weighted by atomic mass is 14.3. The van der Waals surface area contributed by atoms with E-state index in [1.807, 2.05) is 19.1 Å². The van der Waals surface area contributed by atoms with E-state index in [-0.39, 0.29) is 0 Å². The second-order valence-electron chi connectivity index (χ2n) is 4.63. The zero-order valence-corrected chi connectivity index (χ0v) is 10.2. The SMILES string of the molecule is C=C(C)c1c(C#N)cccc1C1C=CCCC1. The smallest absolute Gasteiger partial charge is 0.0998 e. The molecule has 0 bridgehead atoms. The van der Waals surface area contributed by atoms with E-state index in [4.69, 9.17) is 0 Å². The average molecular weight is 223 g/mol. The first-order valence-electron chi connectivity index (χ1n) is 6.09. The number of nitriles is 1. The molecule has 1 aromatic rings. The van der Waals surface area contributed by atoms with Crippen molar-refractivity contribution in [2.75, 3.05) is 0 Å². The summed E-state index contributed by atoms with van der Waals surface area (Å²) in [5, 5.41) is 9.18. The summed E-state index contributed by atoms with van der Waals surface area (Å²) in [5.41, 5.74) is 4.03. The average Bonchev–Trinajstić information content (AvgIpc) is 2.38. The first-order chi connectivity index (χ1) is 8.24. The minimum Gasteiger partial charge on any atom is -0.192 e. The van der Waals surface area contributed by atoms with Gasteiger partial charge in [0.2, 0.25) is 0 Å². The van der Waals surface area contributed by atoms with E-state index in [9.17, 15) is 5.26 Å². The third kappa shape index (κ3) is 2.31. The van der Waals surface area contributed by atoms with Crippen molar-refractivity contribution in [3.05, 3.63) is 53.6 Å². The summed E-state index contributed by atoms with van der Waals surface area (Å²) in [4.78, 5) is 0. The molecule has 2 rings (SSSR count). The molecule has 0 aliphatic heterocycles. The van der Waals surface area contributed by atoms with Crippen LogP contribution in [0.2, 0.25) is 0 Å². The van der Waals surface area contributed by atoms with Crippen LogP contribution >= 0.6 is 0 Å². The van der Waals surface area contributed by atoms with E-state index in [2.05, 4.69) is 30.9 Å². The normalized spacial score (nSPS) is 18.7. The highest BCUT2D eigenvalue weighted by Crippen LogP contribution is 2.34. The third-order valence-electron chi connectivity index (χ3n) is 3.30. The summed E-state index contributed by atoms with van der Waals surface area (Å²) >= 11 is 0. The highest BCUT2D eigenvalue weighted by molar-refractivity contribution is 5.71. The van der Waals surface area contributed by atoms with Gasteiger partial charge in [-0.1, -0.05) is 30.9 Å². The number of hydrogen-bond donors (Lipinski definition) is 0. The summed E-state index contributed by atoms with van der Waals surface area (Å²) in [6.45, 7) is 5.99. The summed E-state index contributed by atoms with van der Waals surface area (Å²) in [6.07, 6.45) is 8.10. The molecule has 0 amide bonds. The Labute approximate surface area is 103 Å². The van der Waals surface area contributed by atoms with Gasteiger partial charge in [0.25, 0.3) is 0 Å². The molecule has 0 aromatic heterocycles. The maximum Gasteiger partial charge on any atom is 0.0998 e. The zero-order valence-electron chi connectivity index (χ0n) is 10.2. The fourth-order valence-electron chi connectivity index (χ4n) is 2.52. The largest absolute Gasteiger partial charge is 0.192 e. The summed E-state index contributed by atoms with van der Waals surface area (Å²) in [6, 6.07) is 8.25. The fourth-order valence-corrected chi connectivity index (χ4v) is 2.52. The molecule has 0 saturated carbocycles. The first-order valence-corrected chi connectivity index (χ1v) is 6.09. The molecule has 0 saturated heterocycles. The highest BCUT2D eigenvalue weighted by Gasteiger charge is 2.17. The predicted molar refractivity (Wildman–Crippen MR) is 71.6 cm³/mol. The molecule has 17 heavy (non-hydrogen) atoms. The molecular weight excluding hydrogens is 206 g/mol. The molecule has 0 heterocycles. The van der Waals surface area contributed by atoms with E-state index in [1.165, 1.54) is 24.8 Å². The van der Waals surface area contributed by atoms with E-state index in [1.54, 1.807) is 0 Å². The number of rotatable bonds is 2. The molecule has 1 atom stereocenters. The van der Waals surface area contributed by atoms with E-state index in [0.29, 0.717) is 5.92 Å². The van der Waals surface area contributed by atoms with Gasteiger partial charge in [-0.15, -0.1) is 0 Å². The lowest BCUT2D eigenvalue weighted by Gasteiger charge is -2.21. The Morgan fingerprint density at radius 2 is 2.29 bits per heavy atom. The lowest BCUT2D eigenvalue weighted by atomic mass is 9.83. The van der Waals surface area contributed by atoms with Crippen molar-refractivity contribution in [2.24, 2.45) is 0 Å². The number of hydrogen-bond acceptors (Lipinski definition) is 1. The minimum atomic E-state index is 0.448. The summed E-state index contributed by atoms with van der Waals surface area (Å²) in [5.74, 6) is 0.448. The van der Waals surface area contributed by atoms with Crippen LogP contribution in [0.3, 0.4) is 0 Å². The number of benzene rings is 1. The molecule has 0 fully saturated rings. The minimum absolute atomic E-state index is 0.448. The molecule has 1 aliphatic carbocycles. The second kappa shape index (κ2) is 5.01. The van der Waals surface area contributed by atoms with E-state index >= 15 is 0 Å². The van der Waals surface area contributed by atoms with Crippen LogP contribution in [0.4, 0.5) is 0 Å². The molecule has 0 radical (unpaired) electrons. The topological polar surface area (TPSA) is 23.8 Å². The van der Waals surface area contributed by atoms with Crippen LogP contribution in [0, 0.1) is 11.3 Å². The van der Waals surface area contributed by atoms with Gasteiger partial charge >= 0.3 is 0 Å². The molecular formula is C16H17N. The van der Waals surface area contributed by atoms with Crippen LogP contribution in [-0.4, -0.2) is 0 Å². The Hall–Kier alpha value is -1.81. The van der Waals surface area contributed by atoms with Crippen molar-refractivity contribution in [3.8, 4) is 6.07 Å². The molecule has 1 heteroatoms. The molecule has 86 valence electrons. The van der Waals surface area contributed by atoms with E-state index in [0.717, 1.165) is 16.7 Å². The van der Waals surface area contributed by atoms with Crippen LogP contribution in [0.5, 0.6) is 0 Å². The Morgan fingerprint density at radius 3 is 2.88 bits per heavy atom. The third-order valence-corrected chi connectivity index (χ3v) is 3.30. The van der Waals surface area contributed by atoms with Crippen molar-refractivity contribution >= 4 is 5.57 Å². The molecule has 1 unspecified atom stereocenters. The zero-order chi connectivity index (χ0) is 12.3. The van der Waals surface area contributed by atoms with Crippen LogP contribution in [-0.2, 0) is 0 Å². The van der Waals surface area contributed by atoms with Crippen LogP contribution in [0.25, 0.3) is 5.57 Å². The van der Waals surface area contributed by atoms with Crippen LogP contribution in [0.1, 0.15) is 48.8 Å². The van der Waals surface area contributed by atoms with Gasteiger partial charge in [-0.25, -0.2) is 0 Å². The van der Waals surface area contributed by atoms with Crippen LogP contribution in [0.15, 0.2) is 36.9 Å². The Kier molecular flexibility index (Phi) is 3.44. The predicted octanol–water partition coefficient (Wildman–Crippen LogP) is 4.42. The van der Waals surface area contributed by atoms with Crippen molar-refractivity contribution < 1.29 is 0 Å². The van der Waals surface area contributed by atoms with Crippen molar-refractivity contribution in [3.63, 3.8) is 0 Å². The lowest BCUT2D eigenvalue weighted by Crippen LogP contribution is -2.04. The molecule has 0 spiro atoms. The first kappa shape index (κ1) is 11.7. The van der Waals surface area contributed by atoms with Gasteiger partial charge in [-0.05, 0) is 49.0 Å². The fraction of sp³-hybridized carbons (Fsp3) is 0.312. The van der Waals surface area contributed by atoms with E-state index < -0.39 is 0 Å². The number of nitrogens with zero attached hydrogens (tertiary/aromatic N) is 1. The van der Waals surface area contributed by atoms with Crippen LogP contribution < -0.4 is 0 Å². The quantitative estimate of drug-likeness (QED) is 0.681. The Balaban J connectivity index is 2.53. The van der Waals surface area contributed by atoms with Crippen molar-refractivity contribution in [2.45, 2.75) is 32.1 Å². The van der Waals surface area contributed by atoms with Crippen molar-refractivity contribution in [1.82, 2.24) is 0 Å². The molecule has 1 aromatic carbocycles. The van der Waals surface area contributed by atoms with Gasteiger partial charge in [0.15, 0.2) is 0 Å². The van der Waals surface area contributed by atoms with Gasteiger partial charge < -0.3 is 0 Å². The molecule has 0 N–H and O–H groups in total. The van der Waals surface area contributed by atoms with Gasteiger partial charge in [0.05, 0.1) is 11.6 Å². The monoisotopic (exact) mass is 223 g/mol. The molecule has 1 nitrogen and oxygen atoms in total. The lowest BCUT2D eigenvalue weighted by molar-refractivity contribution is 0.653. The Bertz CT molecular complexity index is 503. The summed E-state index contributed by atoms with van der Waals surface area (Å²) in [7, 11) is 0. The standard InChI is InChI=1S/C16H17N/c1-12(2)16-14(11-17)9-6-10-15(16)13-7-4-3-5-8-13/h4,6-7,9-10,13H,1,3,5,8H2,2H3. The number of allylic oxidation sites excluding steroid dienone is 3. The maximum atomic E-state index is 9.18. The molecule has 1 aliphatic rings.